The summed E-state index contributed by atoms with van der Waals surface area (Å²) in [5, 5.41) is 8.71. The maximum Gasteiger partial charge on any atom is 0.303 e. The molecule has 0 aromatic rings. The molecule has 0 amide bonds. The lowest BCUT2D eigenvalue weighted by Gasteiger charge is -2.39. The Morgan fingerprint density at radius 2 is 2.12 bits per heavy atom. The maximum atomic E-state index is 10.6. The van der Waals surface area contributed by atoms with Crippen molar-refractivity contribution in [3.63, 3.8) is 0 Å². The van der Waals surface area contributed by atoms with Crippen LogP contribution in [0.25, 0.3) is 0 Å². The van der Waals surface area contributed by atoms with E-state index in [1.54, 1.807) is 0 Å². The van der Waals surface area contributed by atoms with Gasteiger partial charge in [-0.1, -0.05) is 13.8 Å². The van der Waals surface area contributed by atoms with Crippen LogP contribution in [0.15, 0.2) is 0 Å². The number of aliphatic carboxylic acids is 1. The van der Waals surface area contributed by atoms with Crippen LogP contribution in [0.1, 0.15) is 46.5 Å². The van der Waals surface area contributed by atoms with E-state index in [2.05, 4.69) is 25.7 Å². The molecule has 2 atom stereocenters. The number of hydrogen-bond acceptors (Lipinski definition) is 2. The Balaban J connectivity index is 2.24. The molecule has 0 aliphatic carbocycles. The van der Waals surface area contributed by atoms with Gasteiger partial charge in [-0.25, -0.2) is 0 Å². The van der Waals surface area contributed by atoms with Gasteiger partial charge in [-0.05, 0) is 51.1 Å². The number of carboxylic acid groups (broad SMARTS) is 1. The zero-order chi connectivity index (χ0) is 12.1. The molecule has 0 saturated carbocycles. The van der Waals surface area contributed by atoms with Crippen molar-refractivity contribution >= 4 is 5.97 Å². The van der Waals surface area contributed by atoms with Gasteiger partial charge in [0.2, 0.25) is 0 Å². The summed E-state index contributed by atoms with van der Waals surface area (Å²) < 4.78 is 0. The fraction of sp³-hybridized carbons (Fsp3) is 0.923. The Kier molecular flexibility index (Phi) is 5.26. The summed E-state index contributed by atoms with van der Waals surface area (Å²) in [5.74, 6) is 0.489. The summed E-state index contributed by atoms with van der Waals surface area (Å²) in [5.41, 5.74) is 0. The summed E-state index contributed by atoms with van der Waals surface area (Å²) in [6.45, 7) is 9.04. The van der Waals surface area contributed by atoms with Crippen molar-refractivity contribution in [1.29, 1.82) is 0 Å². The minimum Gasteiger partial charge on any atom is -0.481 e. The van der Waals surface area contributed by atoms with Gasteiger partial charge in [0, 0.05) is 12.5 Å². The van der Waals surface area contributed by atoms with Crippen LogP contribution in [-0.2, 0) is 4.79 Å². The van der Waals surface area contributed by atoms with E-state index < -0.39 is 5.97 Å². The maximum absolute atomic E-state index is 10.6. The van der Waals surface area contributed by atoms with Crippen LogP contribution in [-0.4, -0.2) is 35.1 Å². The van der Waals surface area contributed by atoms with Crippen LogP contribution in [0, 0.1) is 11.8 Å². The van der Waals surface area contributed by atoms with Crippen molar-refractivity contribution in [2.45, 2.75) is 52.5 Å². The van der Waals surface area contributed by atoms with Crippen molar-refractivity contribution in [1.82, 2.24) is 4.90 Å². The lowest BCUT2D eigenvalue weighted by Crippen LogP contribution is -2.46. The summed E-state index contributed by atoms with van der Waals surface area (Å²) in [4.78, 5) is 13.1. The van der Waals surface area contributed by atoms with E-state index in [4.69, 9.17) is 5.11 Å². The quantitative estimate of drug-likeness (QED) is 0.727. The van der Waals surface area contributed by atoms with Gasteiger partial charge in [-0.2, -0.15) is 0 Å². The second kappa shape index (κ2) is 6.24. The molecule has 0 aromatic heterocycles. The fourth-order valence-corrected chi connectivity index (χ4v) is 2.35. The topological polar surface area (TPSA) is 40.5 Å². The van der Waals surface area contributed by atoms with Gasteiger partial charge in [-0.3, -0.25) is 4.79 Å². The van der Waals surface area contributed by atoms with Gasteiger partial charge in [0.1, 0.15) is 0 Å². The Hall–Kier alpha value is -0.570. The molecular formula is C13H25NO2. The van der Waals surface area contributed by atoms with E-state index in [1.807, 2.05) is 0 Å². The van der Waals surface area contributed by atoms with Crippen LogP contribution < -0.4 is 0 Å². The highest BCUT2D eigenvalue weighted by atomic mass is 16.4. The molecule has 3 nitrogen and oxygen atoms in total. The summed E-state index contributed by atoms with van der Waals surface area (Å²) in [7, 11) is 0. The molecule has 0 aromatic carbocycles. The van der Waals surface area contributed by atoms with Crippen molar-refractivity contribution in [3.05, 3.63) is 0 Å². The van der Waals surface area contributed by atoms with Crippen LogP contribution in [0.4, 0.5) is 0 Å². The molecule has 1 fully saturated rings. The number of hydrogen-bond donors (Lipinski definition) is 1. The first-order valence-corrected chi connectivity index (χ1v) is 6.46. The van der Waals surface area contributed by atoms with Crippen molar-refractivity contribution in [3.8, 4) is 0 Å². The molecule has 0 radical (unpaired) electrons. The molecule has 1 heterocycles. The van der Waals surface area contributed by atoms with Gasteiger partial charge in [0.05, 0.1) is 0 Å². The minimum atomic E-state index is -0.664. The highest BCUT2D eigenvalue weighted by molar-refractivity contribution is 5.66. The molecule has 94 valence electrons. The number of rotatable bonds is 7. The number of carbonyl (C=O) groups is 1. The van der Waals surface area contributed by atoms with Crippen molar-refractivity contribution in [2.75, 3.05) is 13.1 Å². The van der Waals surface area contributed by atoms with Gasteiger partial charge in [0.15, 0.2) is 0 Å². The predicted molar refractivity (Wildman–Crippen MR) is 65.5 cm³/mol. The zero-order valence-corrected chi connectivity index (χ0v) is 10.8. The fourth-order valence-electron chi connectivity index (χ4n) is 2.35. The monoisotopic (exact) mass is 227 g/mol. The number of likely N-dealkylation sites (tertiary alicyclic amines) is 1. The van der Waals surface area contributed by atoms with Crippen LogP contribution >= 0.6 is 0 Å². The second-order valence-electron chi connectivity index (χ2n) is 5.40. The Labute approximate surface area is 98.8 Å². The summed E-state index contributed by atoms with van der Waals surface area (Å²) in [6, 6.07) is 0.743. The van der Waals surface area contributed by atoms with Crippen molar-refractivity contribution in [2.24, 2.45) is 11.8 Å². The largest absolute Gasteiger partial charge is 0.481 e. The molecule has 1 aliphatic heterocycles. The van der Waals surface area contributed by atoms with Gasteiger partial charge in [0.25, 0.3) is 0 Å². The summed E-state index contributed by atoms with van der Waals surface area (Å²) >= 11 is 0. The normalized spacial score (nSPS) is 23.1. The molecule has 1 rings (SSSR count). The molecule has 0 spiro atoms. The van der Waals surface area contributed by atoms with Crippen LogP contribution in [0.5, 0.6) is 0 Å². The Morgan fingerprint density at radius 3 is 2.50 bits per heavy atom. The van der Waals surface area contributed by atoms with Crippen LogP contribution in [0.3, 0.4) is 0 Å². The van der Waals surface area contributed by atoms with E-state index in [0.717, 1.165) is 25.4 Å². The minimum absolute atomic E-state index is 0.318. The van der Waals surface area contributed by atoms with E-state index in [-0.39, 0.29) is 0 Å². The van der Waals surface area contributed by atoms with E-state index in [1.165, 1.54) is 13.0 Å². The van der Waals surface area contributed by atoms with Gasteiger partial charge < -0.3 is 10.0 Å². The Bertz CT molecular complexity index is 228. The molecule has 1 saturated heterocycles. The first-order chi connectivity index (χ1) is 7.50. The van der Waals surface area contributed by atoms with Gasteiger partial charge in [-0.15, -0.1) is 0 Å². The van der Waals surface area contributed by atoms with Gasteiger partial charge >= 0.3 is 5.97 Å². The molecule has 3 heteroatoms. The average Bonchev–Trinajstić information content (AvgIpc) is 2.19. The third-order valence-electron chi connectivity index (χ3n) is 3.92. The van der Waals surface area contributed by atoms with Crippen molar-refractivity contribution < 1.29 is 9.90 Å². The number of nitrogens with zero attached hydrogens (tertiary/aromatic N) is 1. The van der Waals surface area contributed by atoms with Crippen LogP contribution in [0.2, 0.25) is 0 Å². The van der Waals surface area contributed by atoms with E-state index in [0.29, 0.717) is 18.3 Å². The van der Waals surface area contributed by atoms with E-state index >= 15 is 0 Å². The SMILES string of the molecule is CC(C)C(CCC(=O)O)CCN1CCC1C. The van der Waals surface area contributed by atoms with E-state index in [9.17, 15) is 4.79 Å². The molecular weight excluding hydrogens is 202 g/mol. The lowest BCUT2D eigenvalue weighted by atomic mass is 9.87. The molecule has 16 heavy (non-hydrogen) atoms. The predicted octanol–water partition coefficient (Wildman–Crippen LogP) is 2.61. The molecule has 0 bridgehead atoms. The first kappa shape index (κ1) is 13.5. The second-order valence-corrected chi connectivity index (χ2v) is 5.40. The standard InChI is InChI=1S/C13H25NO2/c1-10(2)12(4-5-13(15)16)7-9-14-8-6-11(14)3/h10-12H,4-9H2,1-3H3,(H,15,16). The smallest absolute Gasteiger partial charge is 0.303 e. The molecule has 1 N–H and O–H groups in total. The lowest BCUT2D eigenvalue weighted by molar-refractivity contribution is -0.137. The average molecular weight is 227 g/mol. The Morgan fingerprint density at radius 1 is 1.44 bits per heavy atom. The number of carboxylic acids is 1. The molecule has 2 unspecified atom stereocenters. The highest BCUT2D eigenvalue weighted by Crippen LogP contribution is 2.24. The molecule has 1 aliphatic rings. The highest BCUT2D eigenvalue weighted by Gasteiger charge is 2.24. The first-order valence-electron chi connectivity index (χ1n) is 6.46. The summed E-state index contributed by atoms with van der Waals surface area (Å²) in [6.07, 6.45) is 3.62. The third-order valence-corrected chi connectivity index (χ3v) is 3.92. The zero-order valence-electron chi connectivity index (χ0n) is 10.8. The third kappa shape index (κ3) is 4.12.